The maximum atomic E-state index is 13.6. The molecule has 0 radical (unpaired) electrons. The van der Waals surface area contributed by atoms with Gasteiger partial charge in [-0.25, -0.2) is 4.98 Å². The van der Waals surface area contributed by atoms with Crippen molar-refractivity contribution in [2.45, 2.75) is 20.1 Å². The predicted octanol–water partition coefficient (Wildman–Crippen LogP) is 4.19. The van der Waals surface area contributed by atoms with Crippen LogP contribution in [0.1, 0.15) is 18.1 Å². The first kappa shape index (κ1) is 22.1. The Balaban J connectivity index is 1.80. The number of hydrogen-bond acceptors (Lipinski definition) is 6. The summed E-state index contributed by atoms with van der Waals surface area (Å²) < 4.78 is 17.3. The van der Waals surface area contributed by atoms with E-state index in [-0.39, 0.29) is 18.1 Å². The van der Waals surface area contributed by atoms with Crippen molar-refractivity contribution >= 4 is 17.0 Å². The molecule has 0 N–H and O–H groups in total. The molecule has 0 saturated carbocycles. The van der Waals surface area contributed by atoms with Gasteiger partial charge in [0, 0.05) is 18.6 Å². The van der Waals surface area contributed by atoms with Crippen LogP contribution in [-0.2, 0) is 22.7 Å². The Bertz CT molecular complexity index is 1340. The van der Waals surface area contributed by atoms with E-state index in [4.69, 9.17) is 14.2 Å². The van der Waals surface area contributed by atoms with E-state index in [9.17, 15) is 9.59 Å². The van der Waals surface area contributed by atoms with E-state index in [1.54, 1.807) is 18.8 Å². The van der Waals surface area contributed by atoms with Gasteiger partial charge in [0.2, 0.25) is 0 Å². The summed E-state index contributed by atoms with van der Waals surface area (Å²) >= 11 is 0. The summed E-state index contributed by atoms with van der Waals surface area (Å²) in [6, 6.07) is 20.4. The van der Waals surface area contributed by atoms with Crippen molar-refractivity contribution in [2.75, 3.05) is 14.2 Å². The molecule has 0 saturated heterocycles. The molecule has 0 atom stereocenters. The highest BCUT2D eigenvalue weighted by atomic mass is 16.5. The van der Waals surface area contributed by atoms with Gasteiger partial charge in [0.05, 0.1) is 31.8 Å². The van der Waals surface area contributed by atoms with E-state index in [1.165, 1.54) is 6.92 Å². The SMILES string of the molecule is COc1ccc(Cn2c(=O)c(-c3ccc(COC(C)=O)cc3)nc3ccc(OC)cc32)cc1. The van der Waals surface area contributed by atoms with Crippen molar-refractivity contribution in [1.82, 2.24) is 9.55 Å². The van der Waals surface area contributed by atoms with E-state index in [0.717, 1.165) is 16.9 Å². The second-order valence-corrected chi connectivity index (χ2v) is 7.53. The molecule has 3 aromatic carbocycles. The van der Waals surface area contributed by atoms with Gasteiger partial charge in [-0.3, -0.25) is 9.59 Å². The molecule has 0 aliphatic heterocycles. The predicted molar refractivity (Wildman–Crippen MR) is 126 cm³/mol. The summed E-state index contributed by atoms with van der Waals surface area (Å²) in [4.78, 5) is 29.3. The lowest BCUT2D eigenvalue weighted by Gasteiger charge is -2.14. The topological polar surface area (TPSA) is 79.7 Å². The van der Waals surface area contributed by atoms with Crippen LogP contribution in [0.3, 0.4) is 0 Å². The fourth-order valence-corrected chi connectivity index (χ4v) is 3.55. The lowest BCUT2D eigenvalue weighted by molar-refractivity contribution is -0.142. The van der Waals surface area contributed by atoms with Crippen molar-refractivity contribution in [1.29, 1.82) is 0 Å². The Labute approximate surface area is 191 Å². The van der Waals surface area contributed by atoms with Crippen LogP contribution in [0.25, 0.3) is 22.3 Å². The van der Waals surface area contributed by atoms with Crippen LogP contribution in [0, 0.1) is 0 Å². The van der Waals surface area contributed by atoms with Gasteiger partial charge in [0.25, 0.3) is 5.56 Å². The first-order valence-electron chi connectivity index (χ1n) is 10.4. The highest BCUT2D eigenvalue weighted by Crippen LogP contribution is 2.23. The van der Waals surface area contributed by atoms with Gasteiger partial charge in [-0.15, -0.1) is 0 Å². The van der Waals surface area contributed by atoms with Gasteiger partial charge in [-0.05, 0) is 35.4 Å². The van der Waals surface area contributed by atoms with Gasteiger partial charge in [-0.2, -0.15) is 0 Å². The number of methoxy groups -OCH3 is 2. The molecule has 0 spiro atoms. The van der Waals surface area contributed by atoms with Crippen LogP contribution in [0.15, 0.2) is 71.5 Å². The molecule has 0 unspecified atom stereocenters. The van der Waals surface area contributed by atoms with Gasteiger partial charge >= 0.3 is 5.97 Å². The second kappa shape index (κ2) is 9.56. The Morgan fingerprint density at radius 1 is 0.879 bits per heavy atom. The monoisotopic (exact) mass is 444 g/mol. The molecule has 0 bridgehead atoms. The summed E-state index contributed by atoms with van der Waals surface area (Å²) in [6.45, 7) is 1.92. The molecule has 33 heavy (non-hydrogen) atoms. The number of benzene rings is 3. The Morgan fingerprint density at radius 3 is 2.15 bits per heavy atom. The highest BCUT2D eigenvalue weighted by molar-refractivity contribution is 5.79. The number of carbonyl (C=O) groups excluding carboxylic acids is 1. The third kappa shape index (κ3) is 4.87. The molecule has 0 aliphatic carbocycles. The molecule has 4 rings (SSSR count). The number of ether oxygens (including phenoxy) is 3. The zero-order valence-electron chi connectivity index (χ0n) is 18.7. The Morgan fingerprint density at radius 2 is 1.52 bits per heavy atom. The smallest absolute Gasteiger partial charge is 0.302 e. The summed E-state index contributed by atoms with van der Waals surface area (Å²) in [5.41, 5.74) is 3.98. The minimum atomic E-state index is -0.341. The Kier molecular flexibility index (Phi) is 6.40. The normalized spacial score (nSPS) is 10.8. The first-order chi connectivity index (χ1) is 16.0. The van der Waals surface area contributed by atoms with E-state index < -0.39 is 0 Å². The molecule has 7 nitrogen and oxygen atoms in total. The first-order valence-corrected chi connectivity index (χ1v) is 10.4. The molecule has 1 aromatic heterocycles. The molecule has 1 heterocycles. The molecule has 0 aliphatic rings. The highest BCUT2D eigenvalue weighted by Gasteiger charge is 2.14. The summed E-state index contributed by atoms with van der Waals surface area (Å²) in [7, 11) is 3.21. The third-order valence-electron chi connectivity index (χ3n) is 5.32. The lowest BCUT2D eigenvalue weighted by atomic mass is 10.1. The number of esters is 1. The van der Waals surface area contributed by atoms with Crippen LogP contribution in [0.4, 0.5) is 0 Å². The molecule has 7 heteroatoms. The number of aromatic nitrogens is 2. The van der Waals surface area contributed by atoms with E-state index in [2.05, 4.69) is 4.98 Å². The van der Waals surface area contributed by atoms with Gasteiger partial charge in [-0.1, -0.05) is 36.4 Å². The number of rotatable bonds is 7. The minimum absolute atomic E-state index is 0.183. The average Bonchev–Trinajstić information content (AvgIpc) is 2.84. The number of carbonyl (C=O) groups is 1. The molecule has 4 aromatic rings. The molecular formula is C26H24N2O5. The maximum absolute atomic E-state index is 13.6. The maximum Gasteiger partial charge on any atom is 0.302 e. The molecule has 0 amide bonds. The van der Waals surface area contributed by atoms with Crippen molar-refractivity contribution in [3.05, 3.63) is 88.2 Å². The van der Waals surface area contributed by atoms with E-state index in [0.29, 0.717) is 34.6 Å². The lowest BCUT2D eigenvalue weighted by Crippen LogP contribution is -2.24. The van der Waals surface area contributed by atoms with Crippen molar-refractivity contribution in [3.8, 4) is 22.8 Å². The number of hydrogen-bond donors (Lipinski definition) is 0. The second-order valence-electron chi connectivity index (χ2n) is 7.53. The number of nitrogens with zero attached hydrogens (tertiary/aromatic N) is 2. The fourth-order valence-electron chi connectivity index (χ4n) is 3.55. The summed E-state index contributed by atoms with van der Waals surface area (Å²) in [5, 5.41) is 0. The Hall–Kier alpha value is -4.13. The van der Waals surface area contributed by atoms with Crippen molar-refractivity contribution in [3.63, 3.8) is 0 Å². The number of fused-ring (bicyclic) bond motifs is 1. The standard InChI is InChI=1S/C26H24N2O5/c1-17(29)33-16-19-4-8-20(9-5-19)25-26(30)28(15-18-6-10-21(31-2)11-7-18)24-14-22(32-3)12-13-23(24)27-25/h4-14H,15-16H2,1-3H3. The largest absolute Gasteiger partial charge is 0.497 e. The summed E-state index contributed by atoms with van der Waals surface area (Å²) in [6.07, 6.45) is 0. The zero-order valence-corrected chi connectivity index (χ0v) is 18.7. The average molecular weight is 444 g/mol. The quantitative estimate of drug-likeness (QED) is 0.398. The molecule has 0 fully saturated rings. The minimum Gasteiger partial charge on any atom is -0.497 e. The third-order valence-corrected chi connectivity index (χ3v) is 5.32. The van der Waals surface area contributed by atoms with Crippen LogP contribution in [0.5, 0.6) is 11.5 Å². The van der Waals surface area contributed by atoms with Gasteiger partial charge in [0.15, 0.2) is 0 Å². The summed E-state index contributed by atoms with van der Waals surface area (Å²) in [5.74, 6) is 1.06. The van der Waals surface area contributed by atoms with Crippen LogP contribution in [-0.4, -0.2) is 29.7 Å². The van der Waals surface area contributed by atoms with E-state index in [1.807, 2.05) is 66.7 Å². The molecule has 168 valence electrons. The van der Waals surface area contributed by atoms with Gasteiger partial charge < -0.3 is 18.8 Å². The van der Waals surface area contributed by atoms with Crippen LogP contribution < -0.4 is 15.0 Å². The van der Waals surface area contributed by atoms with E-state index >= 15 is 0 Å². The molecular weight excluding hydrogens is 420 g/mol. The van der Waals surface area contributed by atoms with Crippen LogP contribution in [0.2, 0.25) is 0 Å². The fraction of sp³-hybridized carbons (Fsp3) is 0.192. The van der Waals surface area contributed by atoms with Crippen molar-refractivity contribution in [2.24, 2.45) is 0 Å². The van der Waals surface area contributed by atoms with Gasteiger partial charge in [0.1, 0.15) is 23.8 Å². The van der Waals surface area contributed by atoms with Crippen molar-refractivity contribution < 1.29 is 19.0 Å². The zero-order chi connectivity index (χ0) is 23.4. The van der Waals surface area contributed by atoms with Crippen LogP contribution >= 0.6 is 0 Å².